The Morgan fingerprint density at radius 2 is 1.78 bits per heavy atom. The fourth-order valence-corrected chi connectivity index (χ4v) is 3.38. The molecule has 0 spiro atoms. The first-order valence-corrected chi connectivity index (χ1v) is 10.1. The van der Waals surface area contributed by atoms with E-state index in [1.54, 1.807) is 18.4 Å². The van der Waals surface area contributed by atoms with E-state index in [4.69, 9.17) is 13.7 Å². The second-order valence-corrected chi connectivity index (χ2v) is 7.17. The summed E-state index contributed by atoms with van der Waals surface area (Å²) in [6, 6.07) is 24.7. The maximum Gasteiger partial charge on any atom is 0.262 e. The van der Waals surface area contributed by atoms with Crippen LogP contribution in [-0.2, 0) is 11.2 Å². The molecule has 5 rings (SSSR count). The van der Waals surface area contributed by atoms with E-state index >= 15 is 0 Å². The monoisotopic (exact) mass is 425 g/mol. The molecule has 3 aromatic carbocycles. The summed E-state index contributed by atoms with van der Waals surface area (Å²) in [7, 11) is 0. The number of carbonyl (C=O) groups is 1. The number of anilines is 1. The quantitative estimate of drug-likeness (QED) is 0.391. The van der Waals surface area contributed by atoms with Gasteiger partial charge >= 0.3 is 0 Å². The van der Waals surface area contributed by atoms with Gasteiger partial charge in [0.05, 0.1) is 12.7 Å². The third-order valence-electron chi connectivity index (χ3n) is 4.93. The fraction of sp³-hybridized carbons (Fsp3) is 0.0800. The lowest BCUT2D eigenvalue weighted by molar-refractivity contribution is -0.118. The molecule has 0 fully saturated rings. The van der Waals surface area contributed by atoms with E-state index in [-0.39, 0.29) is 12.5 Å². The van der Waals surface area contributed by atoms with Crippen molar-refractivity contribution in [1.82, 2.24) is 10.1 Å². The predicted octanol–water partition coefficient (Wildman–Crippen LogP) is 5.09. The molecule has 2 heterocycles. The molecule has 0 aliphatic heterocycles. The molecule has 0 saturated carbocycles. The van der Waals surface area contributed by atoms with Crippen molar-refractivity contribution in [2.45, 2.75) is 6.42 Å². The molecule has 0 atom stereocenters. The van der Waals surface area contributed by atoms with E-state index in [0.717, 1.165) is 16.3 Å². The second-order valence-electron chi connectivity index (χ2n) is 7.17. The lowest BCUT2D eigenvalue weighted by Crippen LogP contribution is -2.21. The molecule has 7 heteroatoms. The second kappa shape index (κ2) is 8.77. The molecule has 0 bridgehead atoms. The van der Waals surface area contributed by atoms with Crippen molar-refractivity contribution in [2.24, 2.45) is 0 Å². The zero-order valence-corrected chi connectivity index (χ0v) is 17.0. The summed E-state index contributed by atoms with van der Waals surface area (Å²) in [6.07, 6.45) is 1.92. The highest BCUT2D eigenvalue weighted by Crippen LogP contribution is 2.22. The zero-order chi connectivity index (χ0) is 21.8. The van der Waals surface area contributed by atoms with Gasteiger partial charge in [-0.25, -0.2) is 0 Å². The molecule has 158 valence electrons. The van der Waals surface area contributed by atoms with Gasteiger partial charge in [0.25, 0.3) is 5.91 Å². The predicted molar refractivity (Wildman–Crippen MR) is 119 cm³/mol. The van der Waals surface area contributed by atoms with E-state index in [9.17, 15) is 4.79 Å². The molecule has 7 nitrogen and oxygen atoms in total. The van der Waals surface area contributed by atoms with Crippen LogP contribution in [0.2, 0.25) is 0 Å². The maximum absolute atomic E-state index is 12.5. The lowest BCUT2D eigenvalue weighted by atomic mass is 10.1. The van der Waals surface area contributed by atoms with E-state index in [1.807, 2.05) is 66.7 Å². The van der Waals surface area contributed by atoms with Crippen LogP contribution in [0.3, 0.4) is 0 Å². The summed E-state index contributed by atoms with van der Waals surface area (Å²) in [5, 5.41) is 9.02. The van der Waals surface area contributed by atoms with Crippen molar-refractivity contribution in [3.05, 3.63) is 96.6 Å². The number of hydrogen-bond acceptors (Lipinski definition) is 6. The third-order valence-corrected chi connectivity index (χ3v) is 4.93. The number of fused-ring (bicyclic) bond motifs is 1. The van der Waals surface area contributed by atoms with Gasteiger partial charge in [-0.15, -0.1) is 0 Å². The topological polar surface area (TPSA) is 90.4 Å². The zero-order valence-electron chi connectivity index (χ0n) is 17.0. The Balaban J connectivity index is 1.24. The first-order chi connectivity index (χ1) is 15.7. The third kappa shape index (κ3) is 4.37. The fourth-order valence-electron chi connectivity index (χ4n) is 3.38. The highest BCUT2D eigenvalue weighted by molar-refractivity contribution is 5.92. The van der Waals surface area contributed by atoms with E-state index in [1.165, 1.54) is 0 Å². The first-order valence-electron chi connectivity index (χ1n) is 10.1. The van der Waals surface area contributed by atoms with Gasteiger partial charge in [-0.1, -0.05) is 53.7 Å². The molecule has 0 aliphatic rings. The van der Waals surface area contributed by atoms with Gasteiger partial charge in [0.1, 0.15) is 5.75 Å². The average Bonchev–Trinajstić information content (AvgIpc) is 3.51. The van der Waals surface area contributed by atoms with Crippen LogP contribution in [0, 0.1) is 0 Å². The molecular formula is C25H19N3O4. The molecule has 32 heavy (non-hydrogen) atoms. The lowest BCUT2D eigenvalue weighted by Gasteiger charge is -2.11. The van der Waals surface area contributed by atoms with Gasteiger partial charge in [-0.2, -0.15) is 4.98 Å². The number of hydrogen-bond donors (Lipinski definition) is 1. The molecule has 1 N–H and O–H groups in total. The van der Waals surface area contributed by atoms with Crippen molar-refractivity contribution in [1.29, 1.82) is 0 Å². The number of nitrogens with one attached hydrogen (secondary N) is 1. The number of benzene rings is 3. The molecule has 0 radical (unpaired) electrons. The molecule has 0 saturated heterocycles. The van der Waals surface area contributed by atoms with Crippen LogP contribution < -0.4 is 10.1 Å². The summed E-state index contributed by atoms with van der Waals surface area (Å²) >= 11 is 0. The van der Waals surface area contributed by atoms with Crippen LogP contribution >= 0.6 is 0 Å². The standard InChI is InChI=1S/C25H19N3O4/c29-23(16-31-20-12-11-17-6-1-2-7-18(17)14-20)26-21-9-4-3-8-19(21)15-24-27-25(28-32-24)22-10-5-13-30-22/h1-14H,15-16H2,(H,26,29). The number of rotatable bonds is 7. The van der Waals surface area contributed by atoms with Crippen molar-refractivity contribution in [3.8, 4) is 17.3 Å². The average molecular weight is 425 g/mol. The van der Waals surface area contributed by atoms with Gasteiger partial charge in [-0.3, -0.25) is 4.79 Å². The Bertz CT molecular complexity index is 1360. The highest BCUT2D eigenvalue weighted by Gasteiger charge is 2.14. The Labute approximate surface area is 183 Å². The number of amides is 1. The Hall–Kier alpha value is -4.39. The normalized spacial score (nSPS) is 10.9. The molecule has 0 unspecified atom stereocenters. The SMILES string of the molecule is O=C(COc1ccc2ccccc2c1)Nc1ccccc1Cc1nc(-c2ccco2)no1. The van der Waals surface area contributed by atoms with Crippen molar-refractivity contribution in [3.63, 3.8) is 0 Å². The summed E-state index contributed by atoms with van der Waals surface area (Å²) in [5.74, 6) is 1.73. The van der Waals surface area contributed by atoms with Gasteiger partial charge in [-0.05, 0) is 46.7 Å². The highest BCUT2D eigenvalue weighted by atomic mass is 16.5. The van der Waals surface area contributed by atoms with Gasteiger partial charge in [0, 0.05) is 5.69 Å². The summed E-state index contributed by atoms with van der Waals surface area (Å²) in [4.78, 5) is 16.9. The number of furan rings is 1. The largest absolute Gasteiger partial charge is 0.484 e. The number of carbonyl (C=O) groups excluding carboxylic acids is 1. The van der Waals surface area contributed by atoms with Crippen LogP contribution in [0.1, 0.15) is 11.5 Å². The van der Waals surface area contributed by atoms with Gasteiger partial charge < -0.3 is 19.0 Å². The van der Waals surface area contributed by atoms with Crippen molar-refractivity contribution in [2.75, 3.05) is 11.9 Å². The number of para-hydroxylation sites is 1. The van der Waals surface area contributed by atoms with Crippen molar-refractivity contribution >= 4 is 22.4 Å². The number of ether oxygens (including phenoxy) is 1. The van der Waals surface area contributed by atoms with Crippen LogP contribution in [0.25, 0.3) is 22.4 Å². The van der Waals surface area contributed by atoms with Crippen LogP contribution in [0.15, 0.2) is 94.1 Å². The van der Waals surface area contributed by atoms with Crippen LogP contribution in [0.5, 0.6) is 5.75 Å². The molecule has 5 aromatic rings. The molecule has 1 amide bonds. The minimum atomic E-state index is -0.257. The smallest absolute Gasteiger partial charge is 0.262 e. The van der Waals surface area contributed by atoms with E-state index < -0.39 is 0 Å². The van der Waals surface area contributed by atoms with Gasteiger partial charge in [0.15, 0.2) is 12.4 Å². The van der Waals surface area contributed by atoms with E-state index in [2.05, 4.69) is 15.5 Å². The summed E-state index contributed by atoms with van der Waals surface area (Å²) in [6.45, 7) is -0.101. The Morgan fingerprint density at radius 1 is 0.938 bits per heavy atom. The van der Waals surface area contributed by atoms with E-state index in [0.29, 0.717) is 35.3 Å². The van der Waals surface area contributed by atoms with Crippen molar-refractivity contribution < 1.29 is 18.5 Å². The molecule has 0 aliphatic carbocycles. The minimum Gasteiger partial charge on any atom is -0.484 e. The first kappa shape index (κ1) is 19.6. The van der Waals surface area contributed by atoms with Crippen LogP contribution in [0.4, 0.5) is 5.69 Å². The molecule has 2 aromatic heterocycles. The summed E-state index contributed by atoms with van der Waals surface area (Å²) < 4.78 is 16.3. The Morgan fingerprint density at radius 3 is 2.66 bits per heavy atom. The molecular weight excluding hydrogens is 406 g/mol. The summed E-state index contributed by atoms with van der Waals surface area (Å²) in [5.41, 5.74) is 1.51. The number of aromatic nitrogens is 2. The van der Waals surface area contributed by atoms with Crippen LogP contribution in [-0.4, -0.2) is 22.7 Å². The Kier molecular flexibility index (Phi) is 5.36. The van der Waals surface area contributed by atoms with Gasteiger partial charge in [0.2, 0.25) is 11.7 Å². The minimum absolute atomic E-state index is 0.101. The number of nitrogens with zero attached hydrogens (tertiary/aromatic N) is 2. The maximum atomic E-state index is 12.5.